The van der Waals surface area contributed by atoms with E-state index in [-0.39, 0.29) is 29.7 Å². The summed E-state index contributed by atoms with van der Waals surface area (Å²) in [6, 6.07) is -0.180. The van der Waals surface area contributed by atoms with Crippen LogP contribution in [0.5, 0.6) is 0 Å². The third-order valence-electron chi connectivity index (χ3n) is 5.79. The second-order valence-electron chi connectivity index (χ2n) is 10.2. The maximum atomic E-state index is 13.7. The van der Waals surface area contributed by atoms with E-state index in [1.807, 2.05) is 41.5 Å². The van der Waals surface area contributed by atoms with Gasteiger partial charge in [-0.3, -0.25) is 4.79 Å². The molecule has 0 aliphatic carbocycles. The second kappa shape index (κ2) is 6.66. The molecule has 3 unspecified atom stereocenters. The average Bonchev–Trinajstić information content (AvgIpc) is 3.16. The number of likely N-dealkylation sites (tertiary alicyclic amines) is 1. The Kier molecular flexibility index (Phi) is 4.99. The number of fused-ring (bicyclic) bond motifs is 1. The van der Waals surface area contributed by atoms with Crippen molar-refractivity contribution in [1.29, 1.82) is 0 Å². The van der Waals surface area contributed by atoms with E-state index in [4.69, 9.17) is 0 Å². The standard InChI is InChI=1S/C20H31F3N4O/c1-18(2,3)14-10-15(20(21,22)23)27-16(24-14)9-13(25-27)12-7-8-26(11-12)17(28)19(4,5)6/h9,12,14-15,24H,7-8,10-11H2,1-6H3. The smallest absolute Gasteiger partial charge is 0.367 e. The molecule has 8 heteroatoms. The van der Waals surface area contributed by atoms with Crippen molar-refractivity contribution in [2.75, 3.05) is 18.4 Å². The van der Waals surface area contributed by atoms with Crippen LogP contribution in [0.25, 0.3) is 0 Å². The van der Waals surface area contributed by atoms with E-state index in [1.165, 1.54) is 0 Å². The van der Waals surface area contributed by atoms with Gasteiger partial charge in [-0.05, 0) is 18.3 Å². The number of nitrogens with one attached hydrogen (secondary N) is 1. The zero-order valence-electron chi connectivity index (χ0n) is 17.5. The number of halogens is 3. The number of aromatic nitrogens is 2. The summed E-state index contributed by atoms with van der Waals surface area (Å²) < 4.78 is 42.3. The Hall–Kier alpha value is -1.73. The van der Waals surface area contributed by atoms with Crippen molar-refractivity contribution < 1.29 is 18.0 Å². The lowest BCUT2D eigenvalue weighted by Crippen LogP contribution is -2.44. The highest BCUT2D eigenvalue weighted by Crippen LogP contribution is 2.44. The van der Waals surface area contributed by atoms with Crippen LogP contribution in [-0.4, -0.2) is 45.9 Å². The molecule has 3 heterocycles. The monoisotopic (exact) mass is 400 g/mol. The highest BCUT2D eigenvalue weighted by molar-refractivity contribution is 5.81. The normalized spacial score (nSPS) is 26.2. The molecule has 0 aromatic carbocycles. The summed E-state index contributed by atoms with van der Waals surface area (Å²) in [5, 5.41) is 7.61. The Bertz CT molecular complexity index is 742. The number of amides is 1. The second-order valence-corrected chi connectivity index (χ2v) is 10.2. The summed E-state index contributed by atoms with van der Waals surface area (Å²) in [6.07, 6.45) is -3.67. The van der Waals surface area contributed by atoms with Crippen molar-refractivity contribution in [3.63, 3.8) is 0 Å². The Balaban J connectivity index is 1.86. The molecule has 0 saturated carbocycles. The van der Waals surface area contributed by atoms with Gasteiger partial charge in [-0.1, -0.05) is 41.5 Å². The van der Waals surface area contributed by atoms with E-state index in [2.05, 4.69) is 10.4 Å². The molecule has 158 valence electrons. The Morgan fingerprint density at radius 1 is 1.18 bits per heavy atom. The third kappa shape index (κ3) is 4.01. The molecule has 5 nitrogen and oxygen atoms in total. The van der Waals surface area contributed by atoms with E-state index < -0.39 is 17.6 Å². The lowest BCUT2D eigenvalue weighted by Gasteiger charge is -2.39. The average molecular weight is 400 g/mol. The molecule has 3 atom stereocenters. The van der Waals surface area contributed by atoms with Gasteiger partial charge in [-0.25, -0.2) is 4.68 Å². The quantitative estimate of drug-likeness (QED) is 0.751. The first-order valence-corrected chi connectivity index (χ1v) is 9.90. The van der Waals surface area contributed by atoms with Crippen LogP contribution >= 0.6 is 0 Å². The number of nitrogens with zero attached hydrogens (tertiary/aromatic N) is 3. The van der Waals surface area contributed by atoms with Crippen molar-refractivity contribution in [1.82, 2.24) is 14.7 Å². The molecule has 1 saturated heterocycles. The molecule has 3 rings (SSSR count). The van der Waals surface area contributed by atoms with Crippen LogP contribution in [0.4, 0.5) is 19.0 Å². The van der Waals surface area contributed by atoms with Crippen LogP contribution in [0.15, 0.2) is 6.07 Å². The molecule has 1 aromatic rings. The van der Waals surface area contributed by atoms with E-state index in [9.17, 15) is 18.0 Å². The Morgan fingerprint density at radius 3 is 2.36 bits per heavy atom. The van der Waals surface area contributed by atoms with Gasteiger partial charge >= 0.3 is 6.18 Å². The summed E-state index contributed by atoms with van der Waals surface area (Å²) in [6.45, 7) is 12.6. The van der Waals surface area contributed by atoms with Crippen LogP contribution in [0, 0.1) is 10.8 Å². The fourth-order valence-electron chi connectivity index (χ4n) is 4.02. The zero-order chi connectivity index (χ0) is 21.1. The van der Waals surface area contributed by atoms with Crippen molar-refractivity contribution in [3.05, 3.63) is 11.8 Å². The topological polar surface area (TPSA) is 50.2 Å². The van der Waals surface area contributed by atoms with Crippen LogP contribution in [0.1, 0.15) is 72.0 Å². The molecule has 28 heavy (non-hydrogen) atoms. The Labute approximate surface area is 164 Å². The molecule has 1 N–H and O–H groups in total. The highest BCUT2D eigenvalue weighted by Gasteiger charge is 2.48. The number of alkyl halides is 3. The van der Waals surface area contributed by atoms with Crippen LogP contribution in [0.2, 0.25) is 0 Å². The number of rotatable bonds is 1. The van der Waals surface area contributed by atoms with Crippen LogP contribution < -0.4 is 5.32 Å². The van der Waals surface area contributed by atoms with Gasteiger partial charge in [0.1, 0.15) is 5.82 Å². The number of hydrogen-bond acceptors (Lipinski definition) is 3. The summed E-state index contributed by atoms with van der Waals surface area (Å²) in [7, 11) is 0. The van der Waals surface area contributed by atoms with Gasteiger partial charge < -0.3 is 10.2 Å². The molecular weight excluding hydrogens is 369 g/mol. The minimum absolute atomic E-state index is 0.0341. The van der Waals surface area contributed by atoms with E-state index in [0.29, 0.717) is 24.6 Å². The lowest BCUT2D eigenvalue weighted by atomic mass is 9.82. The Morgan fingerprint density at radius 2 is 1.82 bits per heavy atom. The summed E-state index contributed by atoms with van der Waals surface area (Å²) in [4.78, 5) is 14.3. The molecule has 0 spiro atoms. The largest absolute Gasteiger partial charge is 0.410 e. The van der Waals surface area contributed by atoms with E-state index in [0.717, 1.165) is 11.1 Å². The van der Waals surface area contributed by atoms with Crippen LogP contribution in [0.3, 0.4) is 0 Å². The highest BCUT2D eigenvalue weighted by atomic mass is 19.4. The summed E-state index contributed by atoms with van der Waals surface area (Å²) in [5.41, 5.74) is -0.135. The van der Waals surface area contributed by atoms with Gasteiger partial charge in [0, 0.05) is 36.5 Å². The van der Waals surface area contributed by atoms with E-state index >= 15 is 0 Å². The predicted molar refractivity (Wildman–Crippen MR) is 102 cm³/mol. The molecule has 1 aromatic heterocycles. The van der Waals surface area contributed by atoms with Gasteiger partial charge in [0.15, 0.2) is 6.04 Å². The summed E-state index contributed by atoms with van der Waals surface area (Å²) >= 11 is 0. The maximum absolute atomic E-state index is 13.7. The van der Waals surface area contributed by atoms with E-state index in [1.54, 1.807) is 11.0 Å². The van der Waals surface area contributed by atoms with Gasteiger partial charge in [-0.2, -0.15) is 18.3 Å². The molecule has 2 aliphatic rings. The van der Waals surface area contributed by atoms with Crippen molar-refractivity contribution in [3.8, 4) is 0 Å². The number of carbonyl (C=O) groups is 1. The molecule has 1 amide bonds. The number of anilines is 1. The molecule has 1 fully saturated rings. The van der Waals surface area contributed by atoms with Gasteiger partial charge in [0.05, 0.1) is 5.69 Å². The fraction of sp³-hybridized carbons (Fsp3) is 0.800. The first-order valence-electron chi connectivity index (χ1n) is 9.90. The molecule has 0 bridgehead atoms. The van der Waals surface area contributed by atoms with Crippen molar-refractivity contribution >= 4 is 11.7 Å². The first kappa shape index (κ1) is 21.0. The minimum Gasteiger partial charge on any atom is -0.367 e. The molecule has 2 aliphatic heterocycles. The minimum atomic E-state index is -4.35. The molecule has 0 radical (unpaired) electrons. The number of carbonyl (C=O) groups excluding carboxylic acids is 1. The van der Waals surface area contributed by atoms with Crippen molar-refractivity contribution in [2.24, 2.45) is 10.8 Å². The summed E-state index contributed by atoms with van der Waals surface area (Å²) in [5.74, 6) is 0.454. The van der Waals surface area contributed by atoms with Crippen LogP contribution in [-0.2, 0) is 4.79 Å². The van der Waals surface area contributed by atoms with Gasteiger partial charge in [-0.15, -0.1) is 0 Å². The molecular formula is C20H31F3N4O. The maximum Gasteiger partial charge on any atom is 0.410 e. The zero-order valence-corrected chi connectivity index (χ0v) is 17.5. The SMILES string of the molecule is CC(C)(C)C(=O)N1CCC(c2cc3n(n2)C(C(F)(F)F)CC(C(C)(C)C)N3)C1. The lowest BCUT2D eigenvalue weighted by molar-refractivity contribution is -0.175. The van der Waals surface area contributed by atoms with Crippen molar-refractivity contribution in [2.45, 2.75) is 78.6 Å². The van der Waals surface area contributed by atoms with Gasteiger partial charge in [0.25, 0.3) is 0 Å². The van der Waals surface area contributed by atoms with Gasteiger partial charge in [0.2, 0.25) is 5.91 Å². The third-order valence-corrected chi connectivity index (χ3v) is 5.79. The first-order chi connectivity index (χ1) is 12.7. The fourth-order valence-corrected chi connectivity index (χ4v) is 4.02. The number of hydrogen-bond donors (Lipinski definition) is 1. The predicted octanol–water partition coefficient (Wildman–Crippen LogP) is 4.58.